The third-order valence-electron chi connectivity index (χ3n) is 17.0. The van der Waals surface area contributed by atoms with Gasteiger partial charge >= 0.3 is 0 Å². The summed E-state index contributed by atoms with van der Waals surface area (Å²) in [6.45, 7) is 0. The first-order valence-electron chi connectivity index (χ1n) is 26.6. The Morgan fingerprint density at radius 2 is 0.382 bits per heavy atom. The molecule has 0 unspecified atom stereocenters. The second-order valence-electron chi connectivity index (χ2n) is 20.8. The smallest absolute Gasteiger partial charge is 0.000719 e. The molecule has 15 aromatic carbocycles. The summed E-state index contributed by atoms with van der Waals surface area (Å²) in [6, 6.07) is 100. The maximum atomic E-state index is 2.58. The number of hydrogen-bond donors (Lipinski definition) is 0. The summed E-state index contributed by atoms with van der Waals surface area (Å²) in [6.07, 6.45) is 0. The van der Waals surface area contributed by atoms with Gasteiger partial charge in [0.05, 0.1) is 0 Å². The second-order valence-corrected chi connectivity index (χ2v) is 20.8. The molecular formula is C76H44. The van der Waals surface area contributed by atoms with Gasteiger partial charge in [-0.3, -0.25) is 0 Å². The van der Waals surface area contributed by atoms with E-state index < -0.39 is 0 Å². The van der Waals surface area contributed by atoms with Crippen molar-refractivity contribution in [1.82, 2.24) is 0 Å². The molecule has 348 valence electrons. The van der Waals surface area contributed by atoms with Crippen LogP contribution in [-0.4, -0.2) is 0 Å². The molecule has 0 heterocycles. The van der Waals surface area contributed by atoms with Crippen LogP contribution in [0.3, 0.4) is 0 Å². The summed E-state index contributed by atoms with van der Waals surface area (Å²) >= 11 is 0. The Kier molecular flexibility index (Phi) is 8.65. The van der Waals surface area contributed by atoms with Gasteiger partial charge in [0.1, 0.15) is 0 Å². The lowest BCUT2D eigenvalue weighted by molar-refractivity contribution is 1.62. The van der Waals surface area contributed by atoms with E-state index in [1.165, 1.54) is 176 Å². The normalized spacial score (nSPS) is 12.2. The molecule has 0 aliphatic heterocycles. The van der Waals surface area contributed by atoms with E-state index in [9.17, 15) is 0 Å². The lowest BCUT2D eigenvalue weighted by Gasteiger charge is -2.22. The van der Waals surface area contributed by atoms with Crippen LogP contribution in [0.15, 0.2) is 267 Å². The predicted octanol–water partition coefficient (Wildman–Crippen LogP) is 21.3. The molecule has 0 saturated heterocycles. The minimum Gasteiger partial charge on any atom is -0.0622 e. The van der Waals surface area contributed by atoms with Gasteiger partial charge < -0.3 is 0 Å². The Labute approximate surface area is 440 Å². The molecule has 0 amide bonds. The molecule has 0 N–H and O–H groups in total. The quantitative estimate of drug-likeness (QED) is 0.115. The average molecular weight is 957 g/mol. The number of fused-ring (bicyclic) bond motifs is 10. The maximum absolute atomic E-state index is 2.58. The number of rotatable bonds is 6. The molecule has 0 atom stereocenters. The highest BCUT2D eigenvalue weighted by molar-refractivity contribution is 6.45. The van der Waals surface area contributed by atoms with Gasteiger partial charge in [-0.1, -0.05) is 255 Å². The van der Waals surface area contributed by atoms with E-state index in [-0.39, 0.29) is 0 Å². The van der Waals surface area contributed by atoms with E-state index in [0.29, 0.717) is 0 Å². The minimum absolute atomic E-state index is 1.22. The van der Waals surface area contributed by atoms with E-state index in [1.54, 1.807) is 0 Å². The van der Waals surface area contributed by atoms with Crippen molar-refractivity contribution in [1.29, 1.82) is 0 Å². The second kappa shape index (κ2) is 15.8. The number of hydrogen-bond acceptors (Lipinski definition) is 0. The van der Waals surface area contributed by atoms with Gasteiger partial charge in [0.2, 0.25) is 0 Å². The van der Waals surface area contributed by atoms with Gasteiger partial charge in [0.15, 0.2) is 0 Å². The average Bonchev–Trinajstić information content (AvgIpc) is 4.09. The van der Waals surface area contributed by atoms with Gasteiger partial charge in [-0.05, 0) is 188 Å². The molecule has 0 fully saturated rings. The van der Waals surface area contributed by atoms with Crippen LogP contribution >= 0.6 is 0 Å². The third kappa shape index (κ3) is 5.57. The van der Waals surface area contributed by atoms with Gasteiger partial charge in [-0.2, -0.15) is 0 Å². The fourth-order valence-corrected chi connectivity index (χ4v) is 14.2. The van der Waals surface area contributed by atoms with Crippen molar-refractivity contribution in [2.24, 2.45) is 0 Å². The van der Waals surface area contributed by atoms with Crippen LogP contribution in [0.25, 0.3) is 176 Å². The zero-order valence-electron chi connectivity index (χ0n) is 41.4. The fourth-order valence-electron chi connectivity index (χ4n) is 14.2. The highest BCUT2D eigenvalue weighted by Gasteiger charge is 2.37. The van der Waals surface area contributed by atoms with Crippen LogP contribution in [0.4, 0.5) is 0 Å². The third-order valence-corrected chi connectivity index (χ3v) is 17.0. The van der Waals surface area contributed by atoms with E-state index in [1.807, 2.05) is 0 Å². The van der Waals surface area contributed by atoms with Crippen molar-refractivity contribution in [2.75, 3.05) is 0 Å². The van der Waals surface area contributed by atoms with E-state index >= 15 is 0 Å². The van der Waals surface area contributed by atoms with Crippen LogP contribution in [0, 0.1) is 0 Å². The summed E-state index contributed by atoms with van der Waals surface area (Å²) in [5.74, 6) is 0. The zero-order valence-corrected chi connectivity index (χ0v) is 41.4. The van der Waals surface area contributed by atoms with Crippen molar-refractivity contribution in [2.45, 2.75) is 0 Å². The molecule has 0 heteroatoms. The standard InChI is InChI=1S/C76H44/c1-7-23-45(24-8-1)59-43-61-69-57(71-63(47-27-11-3-12-28-47)51-35-19-21-37-53(51)65(75(61)71)49-31-15-5-16-32-49)42-40-56-68-60(46-25-9-2-10-26-46)44-62-70-58(41-39-55(74(68)70)67(59)73(56)69)72-64(48-29-13-4-14-30-48)52-36-20-22-38-54(52)66(76(62)72)50-33-17-6-18-34-50/h1-44H. The highest BCUT2D eigenvalue weighted by Crippen LogP contribution is 2.64. The Hall–Kier alpha value is -9.88. The summed E-state index contributed by atoms with van der Waals surface area (Å²) < 4.78 is 0. The molecule has 2 aliphatic carbocycles. The monoisotopic (exact) mass is 956 g/mol. The molecule has 0 nitrogen and oxygen atoms in total. The molecule has 0 spiro atoms. The van der Waals surface area contributed by atoms with Crippen LogP contribution in [-0.2, 0) is 0 Å². The first-order valence-corrected chi connectivity index (χ1v) is 26.6. The molecule has 0 saturated carbocycles. The lowest BCUT2D eigenvalue weighted by Crippen LogP contribution is -1.94. The van der Waals surface area contributed by atoms with Crippen molar-refractivity contribution in [3.05, 3.63) is 267 Å². The molecule has 0 aromatic heterocycles. The fraction of sp³-hybridized carbons (Fsp3) is 0. The largest absolute Gasteiger partial charge is 0.0622 e. The summed E-state index contributed by atoms with van der Waals surface area (Å²) in [4.78, 5) is 0. The highest BCUT2D eigenvalue weighted by atomic mass is 14.4. The van der Waals surface area contributed by atoms with Gasteiger partial charge in [0, 0.05) is 0 Å². The topological polar surface area (TPSA) is 0 Å². The van der Waals surface area contributed by atoms with Crippen LogP contribution < -0.4 is 0 Å². The summed E-state index contributed by atoms with van der Waals surface area (Å²) in [7, 11) is 0. The van der Waals surface area contributed by atoms with Crippen molar-refractivity contribution >= 4 is 64.6 Å². The van der Waals surface area contributed by atoms with Crippen molar-refractivity contribution in [3.63, 3.8) is 0 Å². The molecule has 0 bridgehead atoms. The molecular weight excluding hydrogens is 913 g/mol. The van der Waals surface area contributed by atoms with Crippen molar-refractivity contribution < 1.29 is 0 Å². The zero-order chi connectivity index (χ0) is 49.6. The van der Waals surface area contributed by atoms with Gasteiger partial charge in [-0.25, -0.2) is 0 Å². The molecule has 0 radical (unpaired) electrons. The predicted molar refractivity (Wildman–Crippen MR) is 324 cm³/mol. The Bertz CT molecular complexity index is 4590. The van der Waals surface area contributed by atoms with Gasteiger partial charge in [-0.15, -0.1) is 0 Å². The summed E-state index contributed by atoms with van der Waals surface area (Å²) in [5.41, 5.74) is 25.4. The summed E-state index contributed by atoms with van der Waals surface area (Å²) in [5, 5.41) is 15.6. The van der Waals surface area contributed by atoms with Crippen LogP contribution in [0.5, 0.6) is 0 Å². The number of benzene rings is 15. The Balaban J connectivity index is 1.11. The lowest BCUT2D eigenvalue weighted by atomic mass is 9.80. The molecule has 17 rings (SSSR count). The SMILES string of the molecule is c1ccc(-c2c3c(c(-c4ccccc4)c4ccccc24)-c2cc(-c4ccccc4)c4c5ccc6c7c(cc(-c8ccccc8)c(c8ccc-3c2c84)c75)-c2c-6c(-c3ccccc3)c3ccccc3c2-c2ccccc2)cc1. The van der Waals surface area contributed by atoms with E-state index in [2.05, 4.69) is 267 Å². The van der Waals surface area contributed by atoms with Gasteiger partial charge in [0.25, 0.3) is 0 Å². The van der Waals surface area contributed by atoms with E-state index in [0.717, 1.165) is 0 Å². The van der Waals surface area contributed by atoms with E-state index in [4.69, 9.17) is 0 Å². The first-order chi connectivity index (χ1) is 37.8. The molecule has 15 aromatic rings. The molecule has 76 heavy (non-hydrogen) atoms. The van der Waals surface area contributed by atoms with Crippen LogP contribution in [0.2, 0.25) is 0 Å². The first kappa shape index (κ1) is 41.6. The molecule has 2 aliphatic rings. The van der Waals surface area contributed by atoms with Crippen molar-refractivity contribution in [3.8, 4) is 111 Å². The Morgan fingerprint density at radius 3 is 0.671 bits per heavy atom. The minimum atomic E-state index is 1.22. The Morgan fingerprint density at radius 1 is 0.132 bits per heavy atom. The maximum Gasteiger partial charge on any atom is -0.000719 e. The van der Waals surface area contributed by atoms with Crippen LogP contribution in [0.1, 0.15) is 0 Å².